The molecule has 0 aliphatic heterocycles. The lowest BCUT2D eigenvalue weighted by atomic mass is 9.77. The third kappa shape index (κ3) is 1.60. The molecule has 0 radical (unpaired) electrons. The lowest BCUT2D eigenvalue weighted by molar-refractivity contribution is 0.494. The lowest BCUT2D eigenvalue weighted by Gasteiger charge is -2.28. The van der Waals surface area contributed by atoms with Crippen molar-refractivity contribution in [3.8, 4) is 0 Å². The topological polar surface area (TPSA) is 0 Å². The van der Waals surface area contributed by atoms with Crippen molar-refractivity contribution in [1.29, 1.82) is 0 Å². The van der Waals surface area contributed by atoms with Crippen molar-refractivity contribution in [2.45, 2.75) is 51.9 Å². The van der Waals surface area contributed by atoms with Crippen LogP contribution in [0, 0.1) is 5.92 Å². The Labute approximate surface area is 92.7 Å². The van der Waals surface area contributed by atoms with Crippen LogP contribution in [-0.2, 0) is 25.7 Å². The van der Waals surface area contributed by atoms with Crippen molar-refractivity contribution in [3.05, 3.63) is 34.4 Å². The third-order valence-corrected chi connectivity index (χ3v) is 4.21. The minimum Gasteiger partial charge on any atom is -0.0622 e. The molecule has 1 unspecified atom stereocenters. The molecular formula is C15H20. The molecule has 0 nitrogen and oxygen atoms in total. The smallest absolute Gasteiger partial charge is 0.0247 e. The van der Waals surface area contributed by atoms with E-state index in [1.54, 1.807) is 22.3 Å². The second-order valence-corrected chi connectivity index (χ2v) is 5.40. The van der Waals surface area contributed by atoms with Crippen LogP contribution < -0.4 is 0 Å². The number of benzene rings is 1. The van der Waals surface area contributed by atoms with Crippen LogP contribution in [0.2, 0.25) is 0 Å². The van der Waals surface area contributed by atoms with Crippen molar-refractivity contribution >= 4 is 0 Å². The van der Waals surface area contributed by atoms with E-state index in [-0.39, 0.29) is 0 Å². The van der Waals surface area contributed by atoms with E-state index in [0.29, 0.717) is 0 Å². The summed E-state index contributed by atoms with van der Waals surface area (Å²) in [6.45, 7) is 2.41. The molecule has 2 aliphatic carbocycles. The summed E-state index contributed by atoms with van der Waals surface area (Å²) in [6, 6.07) is 4.81. The predicted molar refractivity (Wildman–Crippen MR) is 64.3 cm³/mol. The molecular weight excluding hydrogens is 180 g/mol. The molecule has 0 heteroatoms. The van der Waals surface area contributed by atoms with Gasteiger partial charge < -0.3 is 0 Å². The fraction of sp³-hybridized carbons (Fsp3) is 0.600. The molecule has 1 aromatic carbocycles. The van der Waals surface area contributed by atoms with E-state index >= 15 is 0 Å². The van der Waals surface area contributed by atoms with E-state index in [4.69, 9.17) is 0 Å². The summed E-state index contributed by atoms with van der Waals surface area (Å²) in [4.78, 5) is 0. The van der Waals surface area contributed by atoms with Crippen molar-refractivity contribution in [2.75, 3.05) is 0 Å². The van der Waals surface area contributed by atoms with Gasteiger partial charge in [0.25, 0.3) is 0 Å². The van der Waals surface area contributed by atoms with E-state index in [0.717, 1.165) is 5.92 Å². The van der Waals surface area contributed by atoms with Crippen LogP contribution in [0.15, 0.2) is 12.1 Å². The maximum atomic E-state index is 2.41. The molecule has 2 aliphatic rings. The number of rotatable bonds is 0. The largest absolute Gasteiger partial charge is 0.0622 e. The number of hydrogen-bond donors (Lipinski definition) is 0. The molecule has 3 rings (SSSR count). The summed E-state index contributed by atoms with van der Waals surface area (Å²) >= 11 is 0. The SMILES string of the molecule is CC1CCc2ccc3c(c2C1)CCCC3. The maximum absolute atomic E-state index is 2.41. The van der Waals surface area contributed by atoms with E-state index in [1.165, 1.54) is 44.9 Å². The molecule has 0 N–H and O–H groups in total. The second-order valence-electron chi connectivity index (χ2n) is 5.40. The van der Waals surface area contributed by atoms with Crippen LogP contribution >= 0.6 is 0 Å². The van der Waals surface area contributed by atoms with Gasteiger partial charge in [-0.25, -0.2) is 0 Å². The summed E-state index contributed by atoms with van der Waals surface area (Å²) in [5.74, 6) is 0.908. The van der Waals surface area contributed by atoms with E-state index in [1.807, 2.05) is 0 Å². The van der Waals surface area contributed by atoms with Gasteiger partial charge in [0.15, 0.2) is 0 Å². The Morgan fingerprint density at radius 3 is 2.53 bits per heavy atom. The zero-order chi connectivity index (χ0) is 10.3. The normalized spacial score (nSPS) is 24.5. The molecule has 0 bridgehead atoms. The first-order valence-electron chi connectivity index (χ1n) is 6.47. The summed E-state index contributed by atoms with van der Waals surface area (Å²) < 4.78 is 0. The van der Waals surface area contributed by atoms with Gasteiger partial charge in [0, 0.05) is 0 Å². The molecule has 0 spiro atoms. The van der Waals surface area contributed by atoms with Gasteiger partial charge in [0.2, 0.25) is 0 Å². The highest BCUT2D eigenvalue weighted by Crippen LogP contribution is 2.33. The Kier molecular flexibility index (Phi) is 2.31. The first kappa shape index (κ1) is 9.45. The lowest BCUT2D eigenvalue weighted by Crippen LogP contribution is -2.16. The fourth-order valence-corrected chi connectivity index (χ4v) is 3.29. The van der Waals surface area contributed by atoms with Crippen LogP contribution in [0.3, 0.4) is 0 Å². The highest BCUT2D eigenvalue weighted by molar-refractivity contribution is 5.43. The Hall–Kier alpha value is -0.780. The zero-order valence-corrected chi connectivity index (χ0v) is 9.68. The van der Waals surface area contributed by atoms with Gasteiger partial charge in [-0.2, -0.15) is 0 Å². The minimum atomic E-state index is 0.908. The van der Waals surface area contributed by atoms with Crippen LogP contribution in [0.5, 0.6) is 0 Å². The van der Waals surface area contributed by atoms with Gasteiger partial charge in [0.05, 0.1) is 0 Å². The zero-order valence-electron chi connectivity index (χ0n) is 9.68. The van der Waals surface area contributed by atoms with Crippen LogP contribution in [-0.4, -0.2) is 0 Å². The Balaban J connectivity index is 2.08. The standard InChI is InChI=1S/C15H20/c1-11-6-7-13-9-8-12-4-2-3-5-14(12)15(13)10-11/h8-9,11H,2-7,10H2,1H3. The van der Waals surface area contributed by atoms with Crippen molar-refractivity contribution in [3.63, 3.8) is 0 Å². The van der Waals surface area contributed by atoms with E-state index in [2.05, 4.69) is 19.1 Å². The molecule has 15 heavy (non-hydrogen) atoms. The van der Waals surface area contributed by atoms with E-state index < -0.39 is 0 Å². The first-order valence-corrected chi connectivity index (χ1v) is 6.47. The summed E-state index contributed by atoms with van der Waals surface area (Å²) in [5, 5.41) is 0. The van der Waals surface area contributed by atoms with Crippen LogP contribution in [0.25, 0.3) is 0 Å². The quantitative estimate of drug-likeness (QED) is 0.599. The number of fused-ring (bicyclic) bond motifs is 3. The minimum absolute atomic E-state index is 0.908. The molecule has 1 aromatic rings. The second kappa shape index (κ2) is 3.66. The van der Waals surface area contributed by atoms with Gasteiger partial charge in [-0.05, 0) is 73.1 Å². The molecule has 0 saturated carbocycles. The van der Waals surface area contributed by atoms with E-state index in [9.17, 15) is 0 Å². The Bertz CT molecular complexity index is 376. The molecule has 0 saturated heterocycles. The molecule has 1 atom stereocenters. The number of hydrogen-bond acceptors (Lipinski definition) is 0. The maximum Gasteiger partial charge on any atom is -0.0247 e. The van der Waals surface area contributed by atoms with Gasteiger partial charge in [-0.1, -0.05) is 19.1 Å². The van der Waals surface area contributed by atoms with Crippen molar-refractivity contribution in [2.24, 2.45) is 5.92 Å². The highest BCUT2D eigenvalue weighted by atomic mass is 14.3. The number of aryl methyl sites for hydroxylation is 2. The van der Waals surface area contributed by atoms with Gasteiger partial charge in [-0.15, -0.1) is 0 Å². The molecule has 0 amide bonds. The van der Waals surface area contributed by atoms with Crippen molar-refractivity contribution in [1.82, 2.24) is 0 Å². The average molecular weight is 200 g/mol. The molecule has 80 valence electrons. The molecule has 0 aromatic heterocycles. The first-order chi connectivity index (χ1) is 7.34. The summed E-state index contributed by atoms with van der Waals surface area (Å²) in [5.41, 5.74) is 6.80. The Morgan fingerprint density at radius 1 is 0.933 bits per heavy atom. The predicted octanol–water partition coefficient (Wildman–Crippen LogP) is 3.69. The van der Waals surface area contributed by atoms with Gasteiger partial charge >= 0.3 is 0 Å². The van der Waals surface area contributed by atoms with Gasteiger partial charge in [-0.3, -0.25) is 0 Å². The Morgan fingerprint density at radius 2 is 1.67 bits per heavy atom. The van der Waals surface area contributed by atoms with Crippen molar-refractivity contribution < 1.29 is 0 Å². The fourth-order valence-electron chi connectivity index (χ4n) is 3.29. The summed E-state index contributed by atoms with van der Waals surface area (Å²) in [7, 11) is 0. The summed E-state index contributed by atoms with van der Waals surface area (Å²) in [6.07, 6.45) is 9.56. The van der Waals surface area contributed by atoms with Crippen LogP contribution in [0.1, 0.15) is 48.4 Å². The molecule has 0 heterocycles. The average Bonchev–Trinajstić information content (AvgIpc) is 2.29. The third-order valence-electron chi connectivity index (χ3n) is 4.21. The molecule has 0 fully saturated rings. The van der Waals surface area contributed by atoms with Crippen LogP contribution in [0.4, 0.5) is 0 Å². The van der Waals surface area contributed by atoms with Gasteiger partial charge in [0.1, 0.15) is 0 Å². The monoisotopic (exact) mass is 200 g/mol. The highest BCUT2D eigenvalue weighted by Gasteiger charge is 2.21.